The van der Waals surface area contributed by atoms with Crippen LogP contribution in [0.5, 0.6) is 0 Å². The number of allylic oxidation sites excluding steroid dienone is 1. The van der Waals surface area contributed by atoms with E-state index in [2.05, 4.69) is 13.8 Å². The standard InChI is InChI=1S/C19H25ClO2/c1-18-10-8-15(21)17(20)14(18)4-3-11-12-5-6-16(22)19(12,2)9-7-13(11)18/h11-13H,3-10H2,1-2H3/t11-,12-,13-,18+,19+/m0/s1. The van der Waals surface area contributed by atoms with E-state index in [0.717, 1.165) is 44.9 Å². The molecular weight excluding hydrogens is 296 g/mol. The molecule has 0 unspecified atom stereocenters. The molecule has 0 spiro atoms. The third-order valence-corrected chi connectivity index (χ3v) is 8.20. The maximum atomic E-state index is 12.4. The van der Waals surface area contributed by atoms with Crippen LogP contribution in [-0.4, -0.2) is 11.6 Å². The Balaban J connectivity index is 1.73. The summed E-state index contributed by atoms with van der Waals surface area (Å²) in [5.41, 5.74) is 1.27. The van der Waals surface area contributed by atoms with Gasteiger partial charge in [-0.2, -0.15) is 0 Å². The fourth-order valence-electron chi connectivity index (χ4n) is 6.42. The zero-order valence-corrected chi connectivity index (χ0v) is 14.3. The fraction of sp³-hybridized carbons (Fsp3) is 0.789. The van der Waals surface area contributed by atoms with Crippen molar-refractivity contribution < 1.29 is 9.59 Å². The number of rotatable bonds is 0. The van der Waals surface area contributed by atoms with Gasteiger partial charge in [0.05, 0.1) is 5.03 Å². The number of ketones is 2. The number of Topliss-reactive ketones (excluding diaryl/α,β-unsaturated/α-hetero) is 2. The summed E-state index contributed by atoms with van der Waals surface area (Å²) in [4.78, 5) is 24.4. The van der Waals surface area contributed by atoms with Crippen LogP contribution in [0.15, 0.2) is 10.6 Å². The summed E-state index contributed by atoms with van der Waals surface area (Å²) in [5.74, 6) is 2.47. The van der Waals surface area contributed by atoms with Crippen LogP contribution in [-0.2, 0) is 9.59 Å². The van der Waals surface area contributed by atoms with Gasteiger partial charge in [0.25, 0.3) is 0 Å². The second kappa shape index (κ2) is 4.69. The van der Waals surface area contributed by atoms with E-state index < -0.39 is 0 Å². The highest BCUT2D eigenvalue weighted by Gasteiger charge is 2.59. The third kappa shape index (κ3) is 1.74. The predicted molar refractivity (Wildman–Crippen MR) is 86.5 cm³/mol. The van der Waals surface area contributed by atoms with Crippen molar-refractivity contribution in [2.75, 3.05) is 0 Å². The van der Waals surface area contributed by atoms with Gasteiger partial charge in [-0.3, -0.25) is 9.59 Å². The first-order valence-electron chi connectivity index (χ1n) is 8.83. The van der Waals surface area contributed by atoms with Crippen LogP contribution in [0, 0.1) is 28.6 Å². The monoisotopic (exact) mass is 320 g/mol. The Morgan fingerprint density at radius 3 is 2.41 bits per heavy atom. The Morgan fingerprint density at radius 1 is 0.909 bits per heavy atom. The van der Waals surface area contributed by atoms with Crippen LogP contribution in [0.25, 0.3) is 0 Å². The second-order valence-electron chi connectivity index (χ2n) is 8.47. The number of fused-ring (bicyclic) bond motifs is 5. The largest absolute Gasteiger partial charge is 0.299 e. The summed E-state index contributed by atoms with van der Waals surface area (Å²) in [6, 6.07) is 0. The maximum Gasteiger partial charge on any atom is 0.174 e. The molecule has 5 atom stereocenters. The Labute approximate surface area is 137 Å². The quantitative estimate of drug-likeness (QED) is 0.651. The van der Waals surface area contributed by atoms with Crippen LogP contribution in [0.2, 0.25) is 0 Å². The van der Waals surface area contributed by atoms with Crippen molar-refractivity contribution in [1.82, 2.24) is 0 Å². The van der Waals surface area contributed by atoms with Gasteiger partial charge in [0.1, 0.15) is 5.78 Å². The highest BCUT2D eigenvalue weighted by Crippen LogP contribution is 2.65. The molecule has 0 amide bonds. The molecule has 3 heteroatoms. The lowest BCUT2D eigenvalue weighted by molar-refractivity contribution is -0.132. The van der Waals surface area contributed by atoms with Crippen molar-refractivity contribution in [3.63, 3.8) is 0 Å². The van der Waals surface area contributed by atoms with E-state index in [1.54, 1.807) is 0 Å². The summed E-state index contributed by atoms with van der Waals surface area (Å²) in [6.45, 7) is 4.56. The van der Waals surface area contributed by atoms with E-state index in [1.165, 1.54) is 5.57 Å². The van der Waals surface area contributed by atoms with Gasteiger partial charge in [-0.05, 0) is 67.3 Å². The van der Waals surface area contributed by atoms with E-state index in [4.69, 9.17) is 11.6 Å². The van der Waals surface area contributed by atoms with Crippen molar-refractivity contribution in [2.45, 2.75) is 65.2 Å². The molecule has 0 saturated heterocycles. The molecule has 4 rings (SSSR count). The van der Waals surface area contributed by atoms with Crippen LogP contribution in [0.4, 0.5) is 0 Å². The highest BCUT2D eigenvalue weighted by atomic mass is 35.5. The molecule has 120 valence electrons. The Bertz CT molecular complexity index is 592. The summed E-state index contributed by atoms with van der Waals surface area (Å²) in [5, 5.41) is 0.544. The lowest BCUT2D eigenvalue weighted by Gasteiger charge is -2.57. The minimum atomic E-state index is -0.0625. The van der Waals surface area contributed by atoms with Gasteiger partial charge in [0.2, 0.25) is 0 Å². The molecule has 0 aromatic carbocycles. The first-order valence-corrected chi connectivity index (χ1v) is 9.21. The Kier molecular flexibility index (Phi) is 3.18. The smallest absolute Gasteiger partial charge is 0.174 e. The lowest BCUT2D eigenvalue weighted by Crippen LogP contribution is -2.50. The summed E-state index contributed by atoms with van der Waals surface area (Å²) >= 11 is 6.40. The van der Waals surface area contributed by atoms with Gasteiger partial charge in [0, 0.05) is 18.3 Å². The van der Waals surface area contributed by atoms with E-state index in [0.29, 0.717) is 35.0 Å². The van der Waals surface area contributed by atoms with Crippen molar-refractivity contribution in [3.05, 3.63) is 10.6 Å². The zero-order valence-electron chi connectivity index (χ0n) is 13.6. The van der Waals surface area contributed by atoms with Crippen LogP contribution < -0.4 is 0 Å². The SMILES string of the molecule is C[C@@]12CC[C@H]3[C@@H](CCC4=C(Cl)C(=O)CC[C@@]43C)[C@@H]1CCC2=O. The highest BCUT2D eigenvalue weighted by molar-refractivity contribution is 6.43. The first-order chi connectivity index (χ1) is 10.4. The average molecular weight is 321 g/mol. The molecule has 0 heterocycles. The van der Waals surface area contributed by atoms with E-state index in [1.807, 2.05) is 0 Å². The molecular formula is C19H25ClO2. The Hall–Kier alpha value is -0.630. The van der Waals surface area contributed by atoms with Gasteiger partial charge in [-0.15, -0.1) is 0 Å². The van der Waals surface area contributed by atoms with E-state index >= 15 is 0 Å². The van der Waals surface area contributed by atoms with Gasteiger partial charge in [-0.1, -0.05) is 25.4 Å². The molecule has 0 radical (unpaired) electrons. The van der Waals surface area contributed by atoms with Crippen LogP contribution >= 0.6 is 11.6 Å². The third-order valence-electron chi connectivity index (χ3n) is 7.76. The molecule has 0 N–H and O–H groups in total. The molecule has 0 aliphatic heterocycles. The minimum absolute atomic E-state index is 0.0625. The van der Waals surface area contributed by atoms with Crippen molar-refractivity contribution in [1.29, 1.82) is 0 Å². The van der Waals surface area contributed by atoms with Crippen molar-refractivity contribution >= 4 is 23.2 Å². The maximum absolute atomic E-state index is 12.4. The summed E-state index contributed by atoms with van der Waals surface area (Å²) in [7, 11) is 0. The molecule has 4 aliphatic rings. The number of hydrogen-bond acceptors (Lipinski definition) is 2. The minimum Gasteiger partial charge on any atom is -0.299 e. The molecule has 3 fully saturated rings. The number of halogens is 1. The number of carbonyl (C=O) groups excluding carboxylic acids is 2. The molecule has 0 bridgehead atoms. The molecule has 3 saturated carbocycles. The number of hydrogen-bond donors (Lipinski definition) is 0. The zero-order chi connectivity index (χ0) is 15.7. The molecule has 4 aliphatic carbocycles. The fourth-order valence-corrected chi connectivity index (χ4v) is 6.83. The van der Waals surface area contributed by atoms with Gasteiger partial charge < -0.3 is 0 Å². The van der Waals surface area contributed by atoms with Gasteiger partial charge in [0.15, 0.2) is 5.78 Å². The summed E-state index contributed by atoms with van der Waals surface area (Å²) in [6.07, 6.45) is 7.66. The topological polar surface area (TPSA) is 34.1 Å². The molecule has 0 aromatic rings. The molecule has 22 heavy (non-hydrogen) atoms. The Morgan fingerprint density at radius 2 is 1.64 bits per heavy atom. The van der Waals surface area contributed by atoms with Crippen molar-refractivity contribution in [3.8, 4) is 0 Å². The van der Waals surface area contributed by atoms with Gasteiger partial charge in [-0.25, -0.2) is 0 Å². The predicted octanol–water partition coefficient (Wildman–Crippen LogP) is 4.65. The van der Waals surface area contributed by atoms with Crippen LogP contribution in [0.3, 0.4) is 0 Å². The second-order valence-corrected chi connectivity index (χ2v) is 8.84. The van der Waals surface area contributed by atoms with E-state index in [-0.39, 0.29) is 16.6 Å². The molecule has 2 nitrogen and oxygen atoms in total. The summed E-state index contributed by atoms with van der Waals surface area (Å²) < 4.78 is 0. The number of carbonyl (C=O) groups is 2. The lowest BCUT2D eigenvalue weighted by atomic mass is 9.47. The first kappa shape index (κ1) is 14.9. The van der Waals surface area contributed by atoms with E-state index in [9.17, 15) is 9.59 Å². The van der Waals surface area contributed by atoms with Gasteiger partial charge >= 0.3 is 0 Å². The average Bonchev–Trinajstić information content (AvgIpc) is 2.79. The molecule has 0 aromatic heterocycles. The van der Waals surface area contributed by atoms with Crippen molar-refractivity contribution in [2.24, 2.45) is 28.6 Å². The normalized spacial score (nSPS) is 48.0. The van der Waals surface area contributed by atoms with Crippen LogP contribution in [0.1, 0.15) is 65.2 Å².